The monoisotopic (exact) mass is 742 g/mol. The second kappa shape index (κ2) is 13.1. The van der Waals surface area contributed by atoms with Gasteiger partial charge in [-0.1, -0.05) is 146 Å². The van der Waals surface area contributed by atoms with Crippen LogP contribution in [0.4, 0.5) is 0 Å². The van der Waals surface area contributed by atoms with Gasteiger partial charge in [-0.05, 0) is 128 Å². The maximum absolute atomic E-state index is 5.28. The van der Waals surface area contributed by atoms with Crippen LogP contribution in [0.25, 0.3) is 78.4 Å². The quantitative estimate of drug-likeness (QED) is 0.176. The molecule has 4 heteroatoms. The van der Waals surface area contributed by atoms with Gasteiger partial charge in [-0.3, -0.25) is 4.98 Å². The highest BCUT2D eigenvalue weighted by atomic mass is 15.0. The molecule has 0 aliphatic heterocycles. The molecule has 0 amide bonds. The van der Waals surface area contributed by atoms with E-state index in [-0.39, 0.29) is 0 Å². The molecule has 4 nitrogen and oxygen atoms in total. The van der Waals surface area contributed by atoms with E-state index in [0.29, 0.717) is 17.5 Å². The van der Waals surface area contributed by atoms with Gasteiger partial charge in [0.05, 0.1) is 5.41 Å². The summed E-state index contributed by atoms with van der Waals surface area (Å²) in [7, 11) is 0. The number of aromatic nitrogens is 4. The Labute approximate surface area is 338 Å². The third-order valence-corrected chi connectivity index (χ3v) is 12.1. The molecule has 0 bridgehead atoms. The highest BCUT2D eigenvalue weighted by Gasteiger charge is 2.52. The molecular formula is C54H38N4. The lowest BCUT2D eigenvalue weighted by Crippen LogP contribution is -2.25. The SMILES string of the molecule is Cc1nc(-c2cccc(-c3ccccc3)c2)nc(-c2cccc3c2-c2cc(-c4cccc(-c5c(C)cncc5C)c4)ccc2C32c3ccccc3-c3ccccc32)n1. The van der Waals surface area contributed by atoms with Crippen molar-refractivity contribution in [2.24, 2.45) is 0 Å². The minimum Gasteiger partial charge on any atom is -0.264 e. The molecule has 0 atom stereocenters. The smallest absolute Gasteiger partial charge is 0.164 e. The Bertz CT molecular complexity index is 3040. The van der Waals surface area contributed by atoms with Crippen molar-refractivity contribution in [3.05, 3.63) is 215 Å². The number of fused-ring (bicyclic) bond motifs is 10. The molecule has 0 saturated heterocycles. The van der Waals surface area contributed by atoms with Crippen LogP contribution in [0, 0.1) is 20.8 Å². The topological polar surface area (TPSA) is 51.6 Å². The third kappa shape index (κ3) is 5.08. The number of benzene rings is 7. The molecule has 11 rings (SSSR count). The van der Waals surface area contributed by atoms with E-state index in [1.54, 1.807) is 0 Å². The third-order valence-electron chi connectivity index (χ3n) is 12.1. The van der Waals surface area contributed by atoms with Crippen molar-refractivity contribution in [1.29, 1.82) is 0 Å². The first kappa shape index (κ1) is 34.0. The minimum atomic E-state index is -0.506. The average molecular weight is 743 g/mol. The zero-order valence-electron chi connectivity index (χ0n) is 32.5. The van der Waals surface area contributed by atoms with Crippen molar-refractivity contribution in [3.63, 3.8) is 0 Å². The van der Waals surface area contributed by atoms with Crippen molar-refractivity contribution in [1.82, 2.24) is 19.9 Å². The van der Waals surface area contributed by atoms with Gasteiger partial charge in [0.2, 0.25) is 0 Å². The Morgan fingerprint density at radius 1 is 0.345 bits per heavy atom. The minimum absolute atomic E-state index is 0.506. The fourth-order valence-electron chi connectivity index (χ4n) is 9.77. The first-order valence-electron chi connectivity index (χ1n) is 19.9. The van der Waals surface area contributed by atoms with E-state index >= 15 is 0 Å². The molecule has 2 aliphatic rings. The lowest BCUT2D eigenvalue weighted by atomic mass is 9.70. The van der Waals surface area contributed by atoms with E-state index in [4.69, 9.17) is 15.0 Å². The number of hydrogen-bond donors (Lipinski definition) is 0. The molecule has 0 fully saturated rings. The molecule has 9 aromatic rings. The summed E-state index contributed by atoms with van der Waals surface area (Å²) in [4.78, 5) is 19.7. The van der Waals surface area contributed by atoms with Crippen LogP contribution in [-0.4, -0.2) is 19.9 Å². The van der Waals surface area contributed by atoms with Crippen molar-refractivity contribution in [2.75, 3.05) is 0 Å². The number of hydrogen-bond acceptors (Lipinski definition) is 4. The van der Waals surface area contributed by atoms with Crippen LogP contribution in [0.1, 0.15) is 39.2 Å². The Morgan fingerprint density at radius 3 is 1.60 bits per heavy atom. The summed E-state index contributed by atoms with van der Waals surface area (Å²) < 4.78 is 0. The molecule has 0 N–H and O–H groups in total. The summed E-state index contributed by atoms with van der Waals surface area (Å²) in [6, 6.07) is 59.5. The van der Waals surface area contributed by atoms with Gasteiger partial charge in [0.1, 0.15) is 5.82 Å². The van der Waals surface area contributed by atoms with Gasteiger partial charge in [0.25, 0.3) is 0 Å². The largest absolute Gasteiger partial charge is 0.264 e. The van der Waals surface area contributed by atoms with E-state index < -0.39 is 5.41 Å². The van der Waals surface area contributed by atoms with Gasteiger partial charge in [-0.15, -0.1) is 0 Å². The molecule has 1 spiro atoms. The second-order valence-electron chi connectivity index (χ2n) is 15.5. The first-order valence-corrected chi connectivity index (χ1v) is 19.9. The van der Waals surface area contributed by atoms with Crippen molar-refractivity contribution in [2.45, 2.75) is 26.2 Å². The van der Waals surface area contributed by atoms with Crippen LogP contribution in [0.5, 0.6) is 0 Å². The Morgan fingerprint density at radius 2 is 0.862 bits per heavy atom. The van der Waals surface area contributed by atoms with Gasteiger partial charge >= 0.3 is 0 Å². The summed E-state index contributed by atoms with van der Waals surface area (Å²) in [5, 5.41) is 0. The van der Waals surface area contributed by atoms with Crippen molar-refractivity contribution in [3.8, 4) is 78.4 Å². The van der Waals surface area contributed by atoms with Crippen LogP contribution in [-0.2, 0) is 5.41 Å². The van der Waals surface area contributed by atoms with Gasteiger partial charge in [0, 0.05) is 23.5 Å². The van der Waals surface area contributed by atoms with Crippen LogP contribution in [0.2, 0.25) is 0 Å². The Hall–Kier alpha value is -7.30. The van der Waals surface area contributed by atoms with Crippen LogP contribution in [0.3, 0.4) is 0 Å². The predicted molar refractivity (Wildman–Crippen MR) is 235 cm³/mol. The molecule has 7 aromatic carbocycles. The van der Waals surface area contributed by atoms with Crippen LogP contribution in [0.15, 0.2) is 176 Å². The van der Waals surface area contributed by atoms with Gasteiger partial charge < -0.3 is 0 Å². The Kier molecular flexibility index (Phi) is 7.70. The number of aryl methyl sites for hydroxylation is 3. The highest BCUT2D eigenvalue weighted by molar-refractivity contribution is 6.00. The molecule has 2 aliphatic carbocycles. The average Bonchev–Trinajstić information content (AvgIpc) is 3.74. The fraction of sp³-hybridized carbons (Fsp3) is 0.0741. The van der Waals surface area contributed by atoms with Gasteiger partial charge in [-0.25, -0.2) is 15.0 Å². The van der Waals surface area contributed by atoms with E-state index in [1.807, 2.05) is 25.4 Å². The zero-order chi connectivity index (χ0) is 39.0. The maximum Gasteiger partial charge on any atom is 0.164 e. The fourth-order valence-corrected chi connectivity index (χ4v) is 9.77. The number of nitrogens with zero attached hydrogens (tertiary/aromatic N) is 4. The Balaban J connectivity index is 1.15. The van der Waals surface area contributed by atoms with Crippen LogP contribution < -0.4 is 0 Å². The summed E-state index contributed by atoms with van der Waals surface area (Å²) in [6.07, 6.45) is 3.90. The molecule has 0 saturated carbocycles. The molecule has 0 radical (unpaired) electrons. The predicted octanol–water partition coefficient (Wildman–Crippen LogP) is 12.9. The molecule has 58 heavy (non-hydrogen) atoms. The molecule has 0 unspecified atom stereocenters. The van der Waals surface area contributed by atoms with Gasteiger partial charge in [0.15, 0.2) is 11.6 Å². The summed E-state index contributed by atoms with van der Waals surface area (Å²) in [5.41, 5.74) is 20.9. The van der Waals surface area contributed by atoms with E-state index in [2.05, 4.69) is 177 Å². The lowest BCUT2D eigenvalue weighted by Gasteiger charge is -2.30. The molecule has 2 aromatic heterocycles. The van der Waals surface area contributed by atoms with Crippen molar-refractivity contribution < 1.29 is 0 Å². The van der Waals surface area contributed by atoms with Gasteiger partial charge in [-0.2, -0.15) is 0 Å². The zero-order valence-corrected chi connectivity index (χ0v) is 32.5. The standard InChI is InChI=1S/C54H38N4/c1-33-31-55-32-34(2)50(33)40-18-11-17-38(28-40)39-26-27-48-45(30-39)51-44(22-13-25-49(51)54(48)46-23-9-7-20-42(46)43-21-8-10-24-47(43)54)53-57-35(3)56-52(58-53)41-19-12-16-37(29-41)36-14-5-4-6-15-36/h4-32H,1-3H3. The maximum atomic E-state index is 5.28. The second-order valence-corrected chi connectivity index (χ2v) is 15.5. The van der Waals surface area contributed by atoms with Crippen LogP contribution >= 0.6 is 0 Å². The van der Waals surface area contributed by atoms with E-state index in [1.165, 1.54) is 66.8 Å². The van der Waals surface area contributed by atoms with Crippen molar-refractivity contribution >= 4 is 0 Å². The highest BCUT2D eigenvalue weighted by Crippen LogP contribution is 2.64. The molecular weight excluding hydrogens is 705 g/mol. The first-order chi connectivity index (χ1) is 28.5. The van der Waals surface area contributed by atoms with E-state index in [0.717, 1.165) is 33.4 Å². The summed E-state index contributed by atoms with van der Waals surface area (Å²) in [5.74, 6) is 2.01. The summed E-state index contributed by atoms with van der Waals surface area (Å²) >= 11 is 0. The lowest BCUT2D eigenvalue weighted by molar-refractivity contribution is 0.794. The molecule has 274 valence electrons. The summed E-state index contributed by atoms with van der Waals surface area (Å²) in [6.45, 7) is 6.25. The number of pyridine rings is 1. The number of rotatable bonds is 5. The normalized spacial score (nSPS) is 12.9. The van der Waals surface area contributed by atoms with E-state index in [9.17, 15) is 0 Å². The molecule has 2 heterocycles.